The fourth-order valence-electron chi connectivity index (χ4n) is 3.32. The summed E-state index contributed by atoms with van der Waals surface area (Å²) in [5.41, 5.74) is 0.964. The summed E-state index contributed by atoms with van der Waals surface area (Å²) in [7, 11) is 0. The number of benzene rings is 2. The van der Waals surface area contributed by atoms with E-state index in [9.17, 15) is 13.6 Å². The van der Waals surface area contributed by atoms with Crippen LogP contribution in [-0.2, 0) is 4.74 Å². The molecule has 0 N–H and O–H groups in total. The minimum atomic E-state index is -2.90. The molecule has 152 valence electrons. The zero-order chi connectivity index (χ0) is 20.2. The van der Waals surface area contributed by atoms with Gasteiger partial charge in [-0.1, -0.05) is 23.9 Å². The third-order valence-corrected chi connectivity index (χ3v) is 5.81. The normalized spacial score (nSPS) is 17.0. The van der Waals surface area contributed by atoms with E-state index in [1.165, 1.54) is 28.5 Å². The SMILES string of the molecule is O=c1c2ccccc2nc(SC[C@@H]2CCCCO2)n1-c1ccc(OC(F)F)cc1. The van der Waals surface area contributed by atoms with Crippen molar-refractivity contribution in [3.05, 3.63) is 58.9 Å². The number of halogens is 2. The van der Waals surface area contributed by atoms with E-state index in [1.54, 1.807) is 24.3 Å². The predicted octanol–water partition coefficient (Wildman–Crippen LogP) is 4.65. The zero-order valence-electron chi connectivity index (χ0n) is 15.6. The van der Waals surface area contributed by atoms with E-state index in [1.807, 2.05) is 12.1 Å². The first-order chi connectivity index (χ1) is 14.1. The van der Waals surface area contributed by atoms with Crippen molar-refractivity contribution in [3.63, 3.8) is 0 Å². The highest BCUT2D eigenvalue weighted by molar-refractivity contribution is 7.99. The highest BCUT2D eigenvalue weighted by Gasteiger charge is 2.18. The van der Waals surface area contributed by atoms with E-state index in [2.05, 4.69) is 9.72 Å². The van der Waals surface area contributed by atoms with Gasteiger partial charge in [0.1, 0.15) is 5.75 Å². The summed E-state index contributed by atoms with van der Waals surface area (Å²) in [6, 6.07) is 13.2. The predicted molar refractivity (Wildman–Crippen MR) is 108 cm³/mol. The summed E-state index contributed by atoms with van der Waals surface area (Å²) in [5.74, 6) is 0.729. The Morgan fingerprint density at radius 3 is 2.69 bits per heavy atom. The first-order valence-corrected chi connectivity index (χ1v) is 10.4. The minimum absolute atomic E-state index is 0.0374. The number of rotatable bonds is 6. The van der Waals surface area contributed by atoms with Crippen LogP contribution >= 0.6 is 11.8 Å². The Hall–Kier alpha value is -2.45. The van der Waals surface area contributed by atoms with Crippen molar-refractivity contribution in [1.29, 1.82) is 0 Å². The molecule has 1 aliphatic rings. The lowest BCUT2D eigenvalue weighted by Crippen LogP contribution is -2.24. The molecule has 0 bridgehead atoms. The molecule has 8 heteroatoms. The molecule has 0 radical (unpaired) electrons. The van der Waals surface area contributed by atoms with Crippen LogP contribution in [0.1, 0.15) is 19.3 Å². The molecule has 2 aromatic carbocycles. The topological polar surface area (TPSA) is 53.3 Å². The van der Waals surface area contributed by atoms with Crippen LogP contribution in [-0.4, -0.2) is 34.6 Å². The first kappa shape index (κ1) is 19.8. The van der Waals surface area contributed by atoms with Crippen molar-refractivity contribution in [3.8, 4) is 11.4 Å². The third kappa shape index (κ3) is 4.59. The van der Waals surface area contributed by atoms with Crippen molar-refractivity contribution in [2.45, 2.75) is 37.1 Å². The average molecular weight is 418 g/mol. The van der Waals surface area contributed by atoms with E-state index in [0.29, 0.717) is 27.5 Å². The van der Waals surface area contributed by atoms with Gasteiger partial charge in [0.15, 0.2) is 5.16 Å². The largest absolute Gasteiger partial charge is 0.435 e. The van der Waals surface area contributed by atoms with Gasteiger partial charge in [0.2, 0.25) is 0 Å². The quantitative estimate of drug-likeness (QED) is 0.431. The van der Waals surface area contributed by atoms with Gasteiger partial charge >= 0.3 is 6.61 Å². The highest BCUT2D eigenvalue weighted by atomic mass is 32.2. The van der Waals surface area contributed by atoms with Crippen molar-refractivity contribution < 1.29 is 18.3 Å². The molecule has 0 aliphatic carbocycles. The van der Waals surface area contributed by atoms with Gasteiger partial charge in [-0.15, -0.1) is 0 Å². The number of hydrogen-bond donors (Lipinski definition) is 0. The van der Waals surface area contributed by atoms with Gasteiger partial charge in [-0.25, -0.2) is 4.98 Å². The van der Waals surface area contributed by atoms with Gasteiger partial charge in [0.25, 0.3) is 5.56 Å². The fraction of sp³-hybridized carbons (Fsp3) is 0.333. The Labute approximate surface area is 170 Å². The lowest BCUT2D eigenvalue weighted by Gasteiger charge is -2.22. The van der Waals surface area contributed by atoms with Crippen LogP contribution in [0, 0.1) is 0 Å². The van der Waals surface area contributed by atoms with Crippen LogP contribution in [0.15, 0.2) is 58.5 Å². The van der Waals surface area contributed by atoms with Gasteiger partial charge in [0.05, 0.1) is 22.7 Å². The third-order valence-electron chi connectivity index (χ3n) is 4.74. The number of ether oxygens (including phenoxy) is 2. The monoisotopic (exact) mass is 418 g/mol. The van der Waals surface area contributed by atoms with Crippen LogP contribution in [0.25, 0.3) is 16.6 Å². The van der Waals surface area contributed by atoms with E-state index in [0.717, 1.165) is 25.9 Å². The van der Waals surface area contributed by atoms with Gasteiger partial charge in [-0.2, -0.15) is 8.78 Å². The average Bonchev–Trinajstić information content (AvgIpc) is 2.74. The van der Waals surface area contributed by atoms with Crippen LogP contribution in [0.5, 0.6) is 5.75 Å². The van der Waals surface area contributed by atoms with Crippen molar-refractivity contribution in [2.75, 3.05) is 12.4 Å². The molecule has 4 rings (SSSR count). The second kappa shape index (κ2) is 8.92. The van der Waals surface area contributed by atoms with Crippen molar-refractivity contribution >= 4 is 22.7 Å². The maximum absolute atomic E-state index is 13.2. The van der Waals surface area contributed by atoms with Crippen molar-refractivity contribution in [2.24, 2.45) is 0 Å². The number of aromatic nitrogens is 2. The van der Waals surface area contributed by atoms with Gasteiger partial charge in [-0.3, -0.25) is 9.36 Å². The molecule has 1 aliphatic heterocycles. The number of para-hydroxylation sites is 1. The first-order valence-electron chi connectivity index (χ1n) is 9.43. The molecular formula is C21H20F2N2O3S. The van der Waals surface area contributed by atoms with Gasteiger partial charge in [-0.05, 0) is 55.7 Å². The summed E-state index contributed by atoms with van der Waals surface area (Å²) in [6.07, 6.45) is 3.33. The van der Waals surface area contributed by atoms with Gasteiger partial charge in [0, 0.05) is 12.4 Å². The molecule has 1 saturated heterocycles. The van der Waals surface area contributed by atoms with Crippen LogP contribution in [0.2, 0.25) is 0 Å². The molecule has 5 nitrogen and oxygen atoms in total. The molecule has 0 amide bonds. The number of thioether (sulfide) groups is 1. The molecule has 1 aromatic heterocycles. The lowest BCUT2D eigenvalue weighted by atomic mass is 10.1. The molecule has 1 fully saturated rings. The second-order valence-corrected chi connectivity index (χ2v) is 7.71. The fourth-order valence-corrected chi connectivity index (χ4v) is 4.40. The molecule has 0 spiro atoms. The highest BCUT2D eigenvalue weighted by Crippen LogP contribution is 2.26. The Morgan fingerprint density at radius 1 is 1.17 bits per heavy atom. The maximum atomic E-state index is 13.2. The summed E-state index contributed by atoms with van der Waals surface area (Å²) in [5, 5.41) is 1.05. The van der Waals surface area contributed by atoms with Crippen LogP contribution < -0.4 is 10.3 Å². The number of alkyl halides is 2. The summed E-state index contributed by atoms with van der Waals surface area (Å²) in [6.45, 7) is -2.14. The number of fused-ring (bicyclic) bond motifs is 1. The van der Waals surface area contributed by atoms with E-state index in [4.69, 9.17) is 4.74 Å². The lowest BCUT2D eigenvalue weighted by molar-refractivity contribution is -0.0498. The Bertz CT molecular complexity index is 1030. The Kier molecular flexibility index (Phi) is 6.10. The second-order valence-electron chi connectivity index (χ2n) is 6.72. The minimum Gasteiger partial charge on any atom is -0.435 e. The van der Waals surface area contributed by atoms with Crippen LogP contribution in [0.4, 0.5) is 8.78 Å². The molecular weight excluding hydrogens is 398 g/mol. The standard InChI is InChI=1S/C21H20F2N2O3S/c22-20(23)28-15-10-8-14(9-11-15)25-19(26)17-6-1-2-7-18(17)24-21(25)29-13-16-5-3-4-12-27-16/h1-2,6-11,16,20H,3-5,12-13H2/t16-/m0/s1. The summed E-state index contributed by atoms with van der Waals surface area (Å²) >= 11 is 1.47. The van der Waals surface area contributed by atoms with Gasteiger partial charge < -0.3 is 9.47 Å². The maximum Gasteiger partial charge on any atom is 0.387 e. The molecule has 0 saturated carbocycles. The van der Waals surface area contributed by atoms with E-state index in [-0.39, 0.29) is 17.4 Å². The number of hydrogen-bond acceptors (Lipinski definition) is 5. The summed E-state index contributed by atoms with van der Waals surface area (Å²) < 4.78 is 36.6. The molecule has 3 aromatic rings. The molecule has 0 unspecified atom stereocenters. The van der Waals surface area contributed by atoms with Crippen molar-refractivity contribution in [1.82, 2.24) is 9.55 Å². The van der Waals surface area contributed by atoms with E-state index < -0.39 is 6.61 Å². The summed E-state index contributed by atoms with van der Waals surface area (Å²) in [4.78, 5) is 17.9. The number of nitrogens with zero attached hydrogens (tertiary/aromatic N) is 2. The molecule has 29 heavy (non-hydrogen) atoms. The van der Waals surface area contributed by atoms with Crippen LogP contribution in [0.3, 0.4) is 0 Å². The van der Waals surface area contributed by atoms with E-state index >= 15 is 0 Å². The molecule has 1 atom stereocenters. The Morgan fingerprint density at radius 2 is 1.97 bits per heavy atom. The zero-order valence-corrected chi connectivity index (χ0v) is 16.4. The smallest absolute Gasteiger partial charge is 0.387 e. The Balaban J connectivity index is 1.71. The molecule has 2 heterocycles.